The van der Waals surface area contributed by atoms with Crippen molar-refractivity contribution < 1.29 is 14.3 Å². The van der Waals surface area contributed by atoms with E-state index in [1.165, 1.54) is 6.42 Å². The van der Waals surface area contributed by atoms with E-state index < -0.39 is 0 Å². The quantitative estimate of drug-likeness (QED) is 0.788. The second-order valence-corrected chi connectivity index (χ2v) is 7.31. The molecule has 1 amide bonds. The third kappa shape index (κ3) is 3.80. The van der Waals surface area contributed by atoms with Crippen molar-refractivity contribution in [3.63, 3.8) is 0 Å². The second kappa shape index (κ2) is 8.03. The average molecular weight is 369 g/mol. The molecule has 1 aromatic carbocycles. The maximum Gasteiger partial charge on any atom is 0.272 e. The van der Waals surface area contributed by atoms with E-state index in [2.05, 4.69) is 22.4 Å². The van der Waals surface area contributed by atoms with Crippen LogP contribution in [-0.4, -0.2) is 29.3 Å². The van der Waals surface area contributed by atoms with E-state index in [-0.39, 0.29) is 11.9 Å². The van der Waals surface area contributed by atoms with Crippen LogP contribution in [0.4, 0.5) is 0 Å². The normalized spacial score (nSPS) is 16.9. The van der Waals surface area contributed by atoms with Gasteiger partial charge in [-0.3, -0.25) is 9.89 Å². The Bertz CT molecular complexity index is 815. The van der Waals surface area contributed by atoms with E-state index in [1.807, 2.05) is 18.2 Å². The van der Waals surface area contributed by atoms with Gasteiger partial charge in [0, 0.05) is 11.3 Å². The molecule has 1 atom stereocenters. The van der Waals surface area contributed by atoms with Crippen LogP contribution < -0.4 is 14.8 Å². The zero-order valence-electron chi connectivity index (χ0n) is 15.8. The molecule has 0 fully saturated rings. The molecule has 2 aromatic rings. The topological polar surface area (TPSA) is 76.2 Å². The van der Waals surface area contributed by atoms with Gasteiger partial charge in [0.05, 0.1) is 6.04 Å². The van der Waals surface area contributed by atoms with Gasteiger partial charge in [-0.1, -0.05) is 25.8 Å². The highest BCUT2D eigenvalue weighted by Crippen LogP contribution is 2.34. The molecule has 1 aliphatic heterocycles. The smallest absolute Gasteiger partial charge is 0.272 e. The summed E-state index contributed by atoms with van der Waals surface area (Å²) in [6.45, 7) is 3.25. The number of hydrogen-bond donors (Lipinski definition) is 2. The Morgan fingerprint density at radius 3 is 2.85 bits per heavy atom. The first-order valence-corrected chi connectivity index (χ1v) is 10.0. The van der Waals surface area contributed by atoms with Gasteiger partial charge in [-0.15, -0.1) is 0 Å². The summed E-state index contributed by atoms with van der Waals surface area (Å²) in [5, 5.41) is 10.6. The van der Waals surface area contributed by atoms with Crippen molar-refractivity contribution in [2.24, 2.45) is 0 Å². The maximum absolute atomic E-state index is 13.0. The summed E-state index contributed by atoms with van der Waals surface area (Å²) in [7, 11) is 0. The molecule has 1 unspecified atom stereocenters. The van der Waals surface area contributed by atoms with Crippen molar-refractivity contribution in [3.05, 3.63) is 40.7 Å². The van der Waals surface area contributed by atoms with E-state index >= 15 is 0 Å². The number of carbonyl (C=O) groups is 1. The molecule has 0 saturated carbocycles. The van der Waals surface area contributed by atoms with E-state index in [0.717, 1.165) is 66.8 Å². The molecule has 0 spiro atoms. The van der Waals surface area contributed by atoms with Crippen LogP contribution in [0, 0.1) is 0 Å². The van der Waals surface area contributed by atoms with Crippen LogP contribution in [0.5, 0.6) is 11.5 Å². The molecule has 1 aromatic heterocycles. The number of aryl methyl sites for hydroxylation is 1. The molecule has 27 heavy (non-hydrogen) atoms. The number of fused-ring (bicyclic) bond motifs is 2. The Labute approximate surface area is 159 Å². The third-order valence-corrected chi connectivity index (χ3v) is 5.37. The summed E-state index contributed by atoms with van der Waals surface area (Å²) in [5.41, 5.74) is 3.83. The molecular weight excluding hydrogens is 342 g/mol. The summed E-state index contributed by atoms with van der Waals surface area (Å²) >= 11 is 0. The fourth-order valence-electron chi connectivity index (χ4n) is 3.96. The molecule has 144 valence electrons. The van der Waals surface area contributed by atoms with Crippen LogP contribution in [0.1, 0.15) is 72.4 Å². The van der Waals surface area contributed by atoms with Crippen molar-refractivity contribution in [3.8, 4) is 11.5 Å². The first-order chi connectivity index (χ1) is 13.3. The molecule has 0 radical (unpaired) electrons. The number of amides is 1. The van der Waals surface area contributed by atoms with Crippen molar-refractivity contribution in [1.82, 2.24) is 15.5 Å². The molecule has 6 nitrogen and oxygen atoms in total. The predicted octanol–water partition coefficient (Wildman–Crippen LogP) is 3.72. The number of hydrogen-bond acceptors (Lipinski definition) is 4. The van der Waals surface area contributed by atoms with Crippen LogP contribution in [0.15, 0.2) is 18.2 Å². The van der Waals surface area contributed by atoms with Gasteiger partial charge >= 0.3 is 0 Å². The number of aromatic nitrogens is 2. The molecular formula is C21H27N3O3. The zero-order valence-corrected chi connectivity index (χ0v) is 15.8. The van der Waals surface area contributed by atoms with Crippen LogP contribution in [0.3, 0.4) is 0 Å². The Balaban J connectivity index is 1.55. The van der Waals surface area contributed by atoms with Crippen molar-refractivity contribution in [2.75, 3.05) is 13.2 Å². The zero-order chi connectivity index (χ0) is 18.6. The van der Waals surface area contributed by atoms with Gasteiger partial charge in [0.1, 0.15) is 13.2 Å². The number of ether oxygens (including phenoxy) is 2. The Morgan fingerprint density at radius 1 is 1.19 bits per heavy atom. The summed E-state index contributed by atoms with van der Waals surface area (Å²) in [6, 6.07) is 5.86. The summed E-state index contributed by atoms with van der Waals surface area (Å²) in [6.07, 6.45) is 7.22. The Morgan fingerprint density at radius 2 is 2.00 bits per heavy atom. The first-order valence-electron chi connectivity index (χ1n) is 10.0. The van der Waals surface area contributed by atoms with Gasteiger partial charge in [0.2, 0.25) is 0 Å². The molecule has 4 rings (SSSR count). The molecule has 2 heterocycles. The lowest BCUT2D eigenvalue weighted by atomic mass is 10.0. The monoisotopic (exact) mass is 369 g/mol. The molecule has 6 heteroatoms. The highest BCUT2D eigenvalue weighted by Gasteiger charge is 2.24. The standard InChI is InChI=1S/C21H27N3O3/c1-2-6-16(14-9-10-18-19(13-14)27-12-11-26-18)22-21(25)20-15-7-4-3-5-8-17(15)23-24-20/h9-10,13,16H,2-8,11-12H2,1H3,(H,22,25)(H,23,24). The molecule has 0 saturated heterocycles. The number of rotatable bonds is 5. The predicted molar refractivity (Wildman–Crippen MR) is 102 cm³/mol. The second-order valence-electron chi connectivity index (χ2n) is 7.31. The van der Waals surface area contributed by atoms with Crippen molar-refractivity contribution in [1.29, 1.82) is 0 Å². The van der Waals surface area contributed by atoms with Gasteiger partial charge in [-0.25, -0.2) is 0 Å². The lowest BCUT2D eigenvalue weighted by molar-refractivity contribution is 0.0928. The highest BCUT2D eigenvalue weighted by atomic mass is 16.6. The SMILES string of the molecule is CCCC(NC(=O)c1n[nH]c2c1CCCCC2)c1ccc2c(c1)OCCO2. The lowest BCUT2D eigenvalue weighted by Gasteiger charge is -2.23. The number of carbonyl (C=O) groups excluding carboxylic acids is 1. The minimum atomic E-state index is -0.0947. The van der Waals surface area contributed by atoms with Gasteiger partial charge in [0.25, 0.3) is 5.91 Å². The molecule has 0 bridgehead atoms. The van der Waals surface area contributed by atoms with Crippen LogP contribution >= 0.6 is 0 Å². The van der Waals surface area contributed by atoms with E-state index in [0.29, 0.717) is 18.9 Å². The summed E-state index contributed by atoms with van der Waals surface area (Å²) in [5.74, 6) is 1.43. The first kappa shape index (κ1) is 17.9. The third-order valence-electron chi connectivity index (χ3n) is 5.37. The van der Waals surface area contributed by atoms with Crippen LogP contribution in [-0.2, 0) is 12.8 Å². The Hall–Kier alpha value is -2.50. The highest BCUT2D eigenvalue weighted by molar-refractivity contribution is 5.94. The minimum Gasteiger partial charge on any atom is -0.486 e. The lowest BCUT2D eigenvalue weighted by Crippen LogP contribution is -2.29. The van der Waals surface area contributed by atoms with Crippen LogP contribution in [0.25, 0.3) is 0 Å². The van der Waals surface area contributed by atoms with Gasteiger partial charge in [0.15, 0.2) is 17.2 Å². The van der Waals surface area contributed by atoms with Crippen molar-refractivity contribution >= 4 is 5.91 Å². The largest absolute Gasteiger partial charge is 0.486 e. The summed E-state index contributed by atoms with van der Waals surface area (Å²) < 4.78 is 11.3. The number of nitrogens with zero attached hydrogens (tertiary/aromatic N) is 1. The average Bonchev–Trinajstić information content (AvgIpc) is 2.96. The van der Waals surface area contributed by atoms with Crippen molar-refractivity contribution in [2.45, 2.75) is 57.9 Å². The van der Waals surface area contributed by atoms with E-state index in [9.17, 15) is 4.79 Å². The van der Waals surface area contributed by atoms with Gasteiger partial charge in [-0.2, -0.15) is 5.10 Å². The number of nitrogens with one attached hydrogen (secondary N) is 2. The fraction of sp³-hybridized carbons (Fsp3) is 0.524. The number of aromatic amines is 1. The summed E-state index contributed by atoms with van der Waals surface area (Å²) in [4.78, 5) is 13.0. The number of benzene rings is 1. The Kier molecular flexibility index (Phi) is 5.32. The van der Waals surface area contributed by atoms with E-state index in [4.69, 9.17) is 9.47 Å². The molecule has 2 N–H and O–H groups in total. The maximum atomic E-state index is 13.0. The number of H-pyrrole nitrogens is 1. The van der Waals surface area contributed by atoms with Gasteiger partial charge in [-0.05, 0) is 49.8 Å². The van der Waals surface area contributed by atoms with E-state index in [1.54, 1.807) is 0 Å². The molecule has 1 aliphatic carbocycles. The molecule has 2 aliphatic rings. The minimum absolute atomic E-state index is 0.0727. The fourth-order valence-corrected chi connectivity index (χ4v) is 3.96. The van der Waals surface area contributed by atoms with Gasteiger partial charge < -0.3 is 14.8 Å². The van der Waals surface area contributed by atoms with Crippen LogP contribution in [0.2, 0.25) is 0 Å².